The fourth-order valence-electron chi connectivity index (χ4n) is 2.42. The van der Waals surface area contributed by atoms with E-state index in [-0.39, 0.29) is 17.8 Å². The lowest BCUT2D eigenvalue weighted by Crippen LogP contribution is -2.59. The van der Waals surface area contributed by atoms with Crippen molar-refractivity contribution >= 4 is 11.7 Å². The summed E-state index contributed by atoms with van der Waals surface area (Å²) in [7, 11) is 1.76. The quantitative estimate of drug-likeness (QED) is 0.785. The summed E-state index contributed by atoms with van der Waals surface area (Å²) < 4.78 is 19.0. The predicted molar refractivity (Wildman–Crippen MR) is 83.0 cm³/mol. The maximum absolute atomic E-state index is 13.8. The van der Waals surface area contributed by atoms with Crippen molar-refractivity contribution in [2.24, 2.45) is 0 Å². The number of hydrogen-bond acceptors (Lipinski definition) is 4. The highest BCUT2D eigenvalue weighted by molar-refractivity contribution is 5.81. The highest BCUT2D eigenvalue weighted by Crippen LogP contribution is 2.20. The van der Waals surface area contributed by atoms with Gasteiger partial charge in [0, 0.05) is 19.6 Å². The van der Waals surface area contributed by atoms with E-state index in [0.717, 1.165) is 0 Å². The van der Waals surface area contributed by atoms with Gasteiger partial charge in [0.2, 0.25) is 0 Å². The van der Waals surface area contributed by atoms with Crippen molar-refractivity contribution < 1.29 is 13.9 Å². The Hall–Kier alpha value is -1.62. The largest absolute Gasteiger partial charge is 0.465 e. The first kappa shape index (κ1) is 17.4. The highest BCUT2D eigenvalue weighted by atomic mass is 19.1. The van der Waals surface area contributed by atoms with E-state index in [1.54, 1.807) is 44.0 Å². The second-order valence-corrected chi connectivity index (χ2v) is 5.66. The number of carbonyl (C=O) groups excluding carboxylic acids is 1. The van der Waals surface area contributed by atoms with E-state index in [0.29, 0.717) is 18.8 Å². The van der Waals surface area contributed by atoms with Crippen LogP contribution in [0.1, 0.15) is 27.7 Å². The molecule has 0 aliphatic carbocycles. The van der Waals surface area contributed by atoms with Crippen LogP contribution in [0.15, 0.2) is 24.3 Å². The smallest absolute Gasteiger partial charge is 0.327 e. The molecule has 21 heavy (non-hydrogen) atoms. The van der Waals surface area contributed by atoms with E-state index in [2.05, 4.69) is 5.32 Å². The number of hydrogen-bond donors (Lipinski definition) is 1. The number of rotatable bonds is 7. The van der Waals surface area contributed by atoms with Gasteiger partial charge in [-0.1, -0.05) is 12.1 Å². The number of halogens is 1. The molecule has 0 saturated heterocycles. The maximum Gasteiger partial charge on any atom is 0.327 e. The first-order valence-corrected chi connectivity index (χ1v) is 7.20. The summed E-state index contributed by atoms with van der Waals surface area (Å²) >= 11 is 0. The molecule has 1 aromatic rings. The number of nitrogens with zero attached hydrogens (tertiary/aromatic N) is 1. The van der Waals surface area contributed by atoms with Crippen LogP contribution in [-0.4, -0.2) is 37.7 Å². The van der Waals surface area contributed by atoms with Crippen LogP contribution in [0.2, 0.25) is 0 Å². The molecule has 0 radical (unpaired) electrons. The van der Waals surface area contributed by atoms with Gasteiger partial charge >= 0.3 is 5.97 Å². The molecule has 0 saturated carbocycles. The minimum absolute atomic E-state index is 0.105. The number of ether oxygens (including phenoxy) is 1. The molecule has 0 amide bonds. The molecule has 1 N–H and O–H groups in total. The zero-order valence-corrected chi connectivity index (χ0v) is 13.4. The summed E-state index contributed by atoms with van der Waals surface area (Å²) in [6, 6.07) is 6.61. The van der Waals surface area contributed by atoms with E-state index in [1.807, 2.05) is 13.8 Å². The van der Waals surface area contributed by atoms with Gasteiger partial charge in [-0.2, -0.15) is 0 Å². The minimum Gasteiger partial charge on any atom is -0.465 e. The molecule has 4 nitrogen and oxygen atoms in total. The Kier molecular flexibility index (Phi) is 6.15. The fourth-order valence-corrected chi connectivity index (χ4v) is 2.42. The third-order valence-corrected chi connectivity index (χ3v) is 3.15. The van der Waals surface area contributed by atoms with E-state index < -0.39 is 5.54 Å². The van der Waals surface area contributed by atoms with Gasteiger partial charge in [0.1, 0.15) is 11.4 Å². The highest BCUT2D eigenvalue weighted by Gasteiger charge is 2.36. The monoisotopic (exact) mass is 296 g/mol. The summed E-state index contributed by atoms with van der Waals surface area (Å²) in [6.07, 6.45) is 0. The van der Waals surface area contributed by atoms with Crippen LogP contribution >= 0.6 is 0 Å². The van der Waals surface area contributed by atoms with E-state index >= 15 is 0 Å². The average molecular weight is 296 g/mol. The molecule has 0 bridgehead atoms. The lowest BCUT2D eigenvalue weighted by atomic mass is 10.00. The molecule has 0 heterocycles. The van der Waals surface area contributed by atoms with Gasteiger partial charge in [0.25, 0.3) is 0 Å². The second kappa shape index (κ2) is 7.41. The third kappa shape index (κ3) is 4.70. The van der Waals surface area contributed by atoms with Crippen LogP contribution in [0, 0.1) is 5.82 Å². The van der Waals surface area contributed by atoms with Crippen LogP contribution in [0.25, 0.3) is 0 Å². The summed E-state index contributed by atoms with van der Waals surface area (Å²) in [5, 5.41) is 3.22. The number of benzene rings is 1. The molecular formula is C16H25FN2O2. The standard InChI is InChI=1S/C16H25FN2O2/c1-6-21-15(20)16(4,18-12(2)3)11-19(5)14-10-8-7-9-13(14)17/h7-10,12,18H,6,11H2,1-5H3. The van der Waals surface area contributed by atoms with E-state index in [4.69, 9.17) is 4.74 Å². The van der Waals surface area contributed by atoms with Crippen molar-refractivity contribution in [3.05, 3.63) is 30.1 Å². The number of carbonyl (C=O) groups is 1. The normalized spacial score (nSPS) is 13.9. The Morgan fingerprint density at radius 1 is 1.43 bits per heavy atom. The summed E-state index contributed by atoms with van der Waals surface area (Å²) in [5.41, 5.74) is -0.445. The minimum atomic E-state index is -0.902. The molecule has 1 aromatic carbocycles. The van der Waals surface area contributed by atoms with Gasteiger partial charge in [-0.05, 0) is 39.8 Å². The fraction of sp³-hybridized carbons (Fsp3) is 0.562. The number of para-hydroxylation sites is 1. The molecule has 0 aliphatic rings. The van der Waals surface area contributed by atoms with Crippen molar-refractivity contribution in [2.45, 2.75) is 39.3 Å². The molecule has 0 fully saturated rings. The van der Waals surface area contributed by atoms with Crippen molar-refractivity contribution in [3.63, 3.8) is 0 Å². The Morgan fingerprint density at radius 2 is 2.05 bits per heavy atom. The summed E-state index contributed by atoms with van der Waals surface area (Å²) in [5.74, 6) is -0.641. The molecule has 1 atom stereocenters. The Bertz CT molecular complexity index is 479. The zero-order valence-electron chi connectivity index (χ0n) is 13.4. The summed E-state index contributed by atoms with van der Waals surface area (Å²) in [6.45, 7) is 8.10. The molecule has 118 valence electrons. The van der Waals surface area contributed by atoms with Gasteiger partial charge in [-0.3, -0.25) is 5.32 Å². The maximum atomic E-state index is 13.8. The van der Waals surface area contributed by atoms with Gasteiger partial charge < -0.3 is 9.64 Å². The summed E-state index contributed by atoms with van der Waals surface area (Å²) in [4.78, 5) is 14.0. The zero-order chi connectivity index (χ0) is 16.0. The first-order valence-electron chi connectivity index (χ1n) is 7.20. The van der Waals surface area contributed by atoms with E-state index in [1.165, 1.54) is 6.07 Å². The molecule has 5 heteroatoms. The second-order valence-electron chi connectivity index (χ2n) is 5.66. The Labute approximate surface area is 126 Å². The van der Waals surface area contributed by atoms with Crippen molar-refractivity contribution in [2.75, 3.05) is 25.1 Å². The van der Waals surface area contributed by atoms with Crippen LogP contribution in [0.3, 0.4) is 0 Å². The number of anilines is 1. The van der Waals surface area contributed by atoms with Crippen LogP contribution in [0.5, 0.6) is 0 Å². The van der Waals surface area contributed by atoms with Crippen molar-refractivity contribution in [1.82, 2.24) is 5.32 Å². The topological polar surface area (TPSA) is 41.6 Å². The number of nitrogens with one attached hydrogen (secondary N) is 1. The molecular weight excluding hydrogens is 271 g/mol. The molecule has 0 aromatic heterocycles. The lowest BCUT2D eigenvalue weighted by molar-refractivity contribution is -0.150. The SMILES string of the molecule is CCOC(=O)C(C)(CN(C)c1ccccc1F)NC(C)C. The van der Waals surface area contributed by atoms with Crippen LogP contribution < -0.4 is 10.2 Å². The van der Waals surface area contributed by atoms with Gasteiger partial charge in [-0.25, -0.2) is 9.18 Å². The Balaban J connectivity index is 2.95. The predicted octanol–water partition coefficient (Wildman–Crippen LogP) is 2.58. The lowest BCUT2D eigenvalue weighted by Gasteiger charge is -2.35. The number of likely N-dealkylation sites (N-methyl/N-ethyl adjacent to an activating group) is 1. The van der Waals surface area contributed by atoms with Crippen molar-refractivity contribution in [1.29, 1.82) is 0 Å². The van der Waals surface area contributed by atoms with Gasteiger partial charge in [0.05, 0.1) is 12.3 Å². The van der Waals surface area contributed by atoms with Crippen molar-refractivity contribution in [3.8, 4) is 0 Å². The molecule has 1 unspecified atom stereocenters. The third-order valence-electron chi connectivity index (χ3n) is 3.15. The van der Waals surface area contributed by atoms with Gasteiger partial charge in [0.15, 0.2) is 0 Å². The average Bonchev–Trinajstić information content (AvgIpc) is 2.38. The first-order chi connectivity index (χ1) is 9.80. The Morgan fingerprint density at radius 3 is 2.57 bits per heavy atom. The van der Waals surface area contributed by atoms with Crippen LogP contribution in [0.4, 0.5) is 10.1 Å². The van der Waals surface area contributed by atoms with Crippen LogP contribution in [-0.2, 0) is 9.53 Å². The van der Waals surface area contributed by atoms with Gasteiger partial charge in [-0.15, -0.1) is 0 Å². The number of esters is 1. The molecule has 0 aliphatic heterocycles. The molecule has 0 spiro atoms. The van der Waals surface area contributed by atoms with E-state index in [9.17, 15) is 9.18 Å². The molecule has 1 rings (SSSR count).